The largest absolute Gasteiger partial charge is 0.322 e. The first kappa shape index (κ1) is 15.8. The molecule has 24 heavy (non-hydrogen) atoms. The van der Waals surface area contributed by atoms with Crippen molar-refractivity contribution in [2.45, 2.75) is 10.9 Å². The Hall–Kier alpha value is -3.04. The lowest BCUT2D eigenvalue weighted by Crippen LogP contribution is -2.11. The molecular weight excluding hydrogens is 320 g/mol. The first-order valence-electron chi connectivity index (χ1n) is 7.20. The highest BCUT2D eigenvalue weighted by Crippen LogP contribution is 2.19. The molecule has 0 atom stereocenters. The van der Waals surface area contributed by atoms with E-state index in [9.17, 15) is 4.79 Å². The van der Waals surface area contributed by atoms with E-state index in [4.69, 9.17) is 6.42 Å². The zero-order valence-corrected chi connectivity index (χ0v) is 13.5. The predicted octanol–water partition coefficient (Wildman–Crippen LogP) is 3.33. The third kappa shape index (κ3) is 4.03. The molecule has 0 saturated carbocycles. The molecule has 118 valence electrons. The predicted molar refractivity (Wildman–Crippen MR) is 94.7 cm³/mol. The second kappa shape index (κ2) is 7.49. The quantitative estimate of drug-likeness (QED) is 0.555. The minimum atomic E-state index is -0.168. The summed E-state index contributed by atoms with van der Waals surface area (Å²) in [5.74, 6) is 3.13. The average Bonchev–Trinajstić information content (AvgIpc) is 3.14. The maximum absolute atomic E-state index is 12.3. The molecule has 0 aliphatic carbocycles. The van der Waals surface area contributed by atoms with Crippen LogP contribution in [0, 0.1) is 12.3 Å². The van der Waals surface area contributed by atoms with Crippen molar-refractivity contribution < 1.29 is 4.79 Å². The van der Waals surface area contributed by atoms with Crippen molar-refractivity contribution in [3.8, 4) is 12.3 Å². The summed E-state index contributed by atoms with van der Waals surface area (Å²) >= 11 is 1.55. The number of hydrogen-bond acceptors (Lipinski definition) is 4. The first-order valence-corrected chi connectivity index (χ1v) is 8.18. The monoisotopic (exact) mass is 334 g/mol. The molecule has 0 aliphatic rings. The molecule has 0 radical (unpaired) electrons. The van der Waals surface area contributed by atoms with Gasteiger partial charge < -0.3 is 5.32 Å². The summed E-state index contributed by atoms with van der Waals surface area (Å²) in [4.78, 5) is 16.3. The van der Waals surface area contributed by atoms with Gasteiger partial charge in [-0.15, -0.1) is 6.42 Å². The fourth-order valence-electron chi connectivity index (χ4n) is 2.06. The van der Waals surface area contributed by atoms with Gasteiger partial charge in [-0.05, 0) is 35.9 Å². The lowest BCUT2D eigenvalue weighted by Gasteiger charge is -2.06. The van der Waals surface area contributed by atoms with Gasteiger partial charge in [0.05, 0.1) is 0 Å². The number of nitrogens with zero attached hydrogens (tertiary/aromatic N) is 2. The molecular formula is C18H14N4OS. The van der Waals surface area contributed by atoms with Crippen LogP contribution in [0.2, 0.25) is 0 Å². The number of aromatic nitrogens is 3. The lowest BCUT2D eigenvalue weighted by atomic mass is 10.1. The van der Waals surface area contributed by atoms with Gasteiger partial charge >= 0.3 is 0 Å². The van der Waals surface area contributed by atoms with E-state index in [1.165, 1.54) is 6.33 Å². The Kier molecular flexibility index (Phi) is 4.94. The van der Waals surface area contributed by atoms with Crippen molar-refractivity contribution in [3.05, 3.63) is 71.5 Å². The molecule has 2 N–H and O–H groups in total. The summed E-state index contributed by atoms with van der Waals surface area (Å²) in [6, 6.07) is 14.7. The Morgan fingerprint density at radius 2 is 2.08 bits per heavy atom. The highest BCUT2D eigenvalue weighted by molar-refractivity contribution is 7.98. The van der Waals surface area contributed by atoms with E-state index >= 15 is 0 Å². The van der Waals surface area contributed by atoms with Gasteiger partial charge in [-0.3, -0.25) is 9.89 Å². The summed E-state index contributed by atoms with van der Waals surface area (Å²) in [6.45, 7) is 0. The van der Waals surface area contributed by atoms with Gasteiger partial charge in [-0.1, -0.05) is 35.9 Å². The van der Waals surface area contributed by atoms with Crippen LogP contribution in [0.1, 0.15) is 21.5 Å². The number of hydrogen-bond donors (Lipinski definition) is 2. The smallest absolute Gasteiger partial charge is 0.255 e. The van der Waals surface area contributed by atoms with Gasteiger partial charge in [0, 0.05) is 22.6 Å². The zero-order chi connectivity index (χ0) is 16.8. The molecule has 1 heterocycles. The van der Waals surface area contributed by atoms with Crippen molar-refractivity contribution in [2.75, 3.05) is 5.32 Å². The Balaban J connectivity index is 1.62. The Bertz CT molecular complexity index is 867. The number of carbonyl (C=O) groups is 1. The molecule has 1 aromatic heterocycles. The van der Waals surface area contributed by atoms with Gasteiger partial charge in [0.1, 0.15) is 6.33 Å². The van der Waals surface area contributed by atoms with Gasteiger partial charge in [-0.25, -0.2) is 4.98 Å². The SMILES string of the molecule is C#Cc1cccc(NC(=O)c2ccc(CSc3ncn[nH]3)cc2)c1. The van der Waals surface area contributed by atoms with Crippen LogP contribution in [0.25, 0.3) is 0 Å². The number of amides is 1. The second-order valence-electron chi connectivity index (χ2n) is 4.96. The van der Waals surface area contributed by atoms with E-state index in [1.54, 1.807) is 36.0 Å². The molecule has 0 unspecified atom stereocenters. The summed E-state index contributed by atoms with van der Waals surface area (Å²) < 4.78 is 0. The molecule has 5 nitrogen and oxygen atoms in total. The molecule has 2 aromatic carbocycles. The number of H-pyrrole nitrogens is 1. The minimum absolute atomic E-state index is 0.168. The maximum atomic E-state index is 12.3. The molecule has 0 aliphatic heterocycles. The Labute approximate surface area is 143 Å². The number of nitrogens with one attached hydrogen (secondary N) is 2. The number of carbonyl (C=O) groups excluding carboxylic acids is 1. The van der Waals surface area contributed by atoms with Crippen LogP contribution in [0.3, 0.4) is 0 Å². The molecule has 1 amide bonds. The highest BCUT2D eigenvalue weighted by Gasteiger charge is 2.07. The number of benzene rings is 2. The van der Waals surface area contributed by atoms with E-state index in [-0.39, 0.29) is 5.91 Å². The third-order valence-corrected chi connectivity index (χ3v) is 4.22. The standard InChI is InChI=1S/C18H14N4OS/c1-2-13-4-3-5-16(10-13)21-17(23)15-8-6-14(7-9-15)11-24-18-19-12-20-22-18/h1,3-10,12H,11H2,(H,21,23)(H,19,20,22). The Morgan fingerprint density at radius 1 is 1.25 bits per heavy atom. The van der Waals surface area contributed by atoms with Crippen LogP contribution in [0.5, 0.6) is 0 Å². The normalized spacial score (nSPS) is 10.1. The van der Waals surface area contributed by atoms with E-state index in [2.05, 4.69) is 26.4 Å². The fourth-order valence-corrected chi connectivity index (χ4v) is 2.79. The summed E-state index contributed by atoms with van der Waals surface area (Å²) in [7, 11) is 0. The van der Waals surface area contributed by atoms with Crippen LogP contribution in [0.15, 0.2) is 60.0 Å². The van der Waals surface area contributed by atoms with Crippen LogP contribution in [-0.2, 0) is 5.75 Å². The van der Waals surface area contributed by atoms with E-state index in [1.807, 2.05) is 24.3 Å². The van der Waals surface area contributed by atoms with Crippen molar-refractivity contribution >= 4 is 23.4 Å². The molecule has 3 rings (SSSR count). The van der Waals surface area contributed by atoms with Crippen molar-refractivity contribution in [3.63, 3.8) is 0 Å². The minimum Gasteiger partial charge on any atom is -0.322 e. The maximum Gasteiger partial charge on any atom is 0.255 e. The van der Waals surface area contributed by atoms with Gasteiger partial charge in [0.15, 0.2) is 5.16 Å². The molecule has 0 spiro atoms. The van der Waals surface area contributed by atoms with Gasteiger partial charge in [-0.2, -0.15) is 5.10 Å². The fraction of sp³-hybridized carbons (Fsp3) is 0.0556. The summed E-state index contributed by atoms with van der Waals surface area (Å²) in [5.41, 5.74) is 3.10. The van der Waals surface area contributed by atoms with E-state index in [0.717, 1.165) is 22.0 Å². The molecule has 6 heteroatoms. The molecule has 0 fully saturated rings. The summed E-state index contributed by atoms with van der Waals surface area (Å²) in [6.07, 6.45) is 6.84. The highest BCUT2D eigenvalue weighted by atomic mass is 32.2. The topological polar surface area (TPSA) is 70.7 Å². The number of thioether (sulfide) groups is 1. The average molecular weight is 334 g/mol. The number of rotatable bonds is 5. The van der Waals surface area contributed by atoms with Crippen LogP contribution >= 0.6 is 11.8 Å². The molecule has 0 saturated heterocycles. The Morgan fingerprint density at radius 3 is 2.79 bits per heavy atom. The summed E-state index contributed by atoms with van der Waals surface area (Å²) in [5, 5.41) is 10.2. The van der Waals surface area contributed by atoms with Gasteiger partial charge in [0.25, 0.3) is 5.91 Å². The lowest BCUT2D eigenvalue weighted by molar-refractivity contribution is 0.102. The van der Waals surface area contributed by atoms with Crippen LogP contribution in [-0.4, -0.2) is 21.1 Å². The van der Waals surface area contributed by atoms with E-state index < -0.39 is 0 Å². The van der Waals surface area contributed by atoms with Crippen LogP contribution in [0.4, 0.5) is 5.69 Å². The third-order valence-electron chi connectivity index (χ3n) is 3.27. The van der Waals surface area contributed by atoms with Crippen molar-refractivity contribution in [1.29, 1.82) is 0 Å². The number of aromatic amines is 1. The zero-order valence-electron chi connectivity index (χ0n) is 12.7. The van der Waals surface area contributed by atoms with Crippen molar-refractivity contribution in [1.82, 2.24) is 15.2 Å². The molecule has 0 bridgehead atoms. The molecule has 3 aromatic rings. The second-order valence-corrected chi connectivity index (χ2v) is 5.92. The number of anilines is 1. The van der Waals surface area contributed by atoms with Gasteiger partial charge in [0.2, 0.25) is 0 Å². The first-order chi connectivity index (χ1) is 11.7. The van der Waals surface area contributed by atoms with Crippen LogP contribution < -0.4 is 5.32 Å². The number of terminal acetylenes is 1. The van der Waals surface area contributed by atoms with Crippen molar-refractivity contribution in [2.24, 2.45) is 0 Å². The van der Waals surface area contributed by atoms with E-state index in [0.29, 0.717) is 11.3 Å².